The fourth-order valence-electron chi connectivity index (χ4n) is 2.48. The topological polar surface area (TPSA) is 55.6 Å². The van der Waals surface area contributed by atoms with Crippen LogP contribution < -0.4 is 5.32 Å². The van der Waals surface area contributed by atoms with Crippen LogP contribution in [0.25, 0.3) is 5.82 Å². The molecular formula is C16H25N5. The standard InChI is InChI=1S/C16H25N5/c1-6-12-9-13(7-2)21(20-12)16-14(11(4)5)15(17-8-3)18-10-19-16/h9-11H,6-8H2,1-5H3,(H,17,18,19). The average Bonchev–Trinajstić information content (AvgIpc) is 2.90. The van der Waals surface area contributed by atoms with Crippen molar-refractivity contribution in [1.29, 1.82) is 0 Å². The molecule has 0 aliphatic rings. The molecule has 2 aromatic rings. The lowest BCUT2D eigenvalue weighted by molar-refractivity contribution is 0.734. The van der Waals surface area contributed by atoms with E-state index in [0.717, 1.165) is 42.3 Å². The van der Waals surface area contributed by atoms with Crippen LogP contribution in [0.5, 0.6) is 0 Å². The molecule has 0 saturated carbocycles. The second-order valence-electron chi connectivity index (χ2n) is 5.39. The Kier molecular flexibility index (Phi) is 4.94. The SMILES string of the molecule is CCNc1ncnc(-n2nc(CC)cc2CC)c1C(C)C. The molecular weight excluding hydrogens is 262 g/mol. The van der Waals surface area contributed by atoms with Crippen molar-refractivity contribution in [3.63, 3.8) is 0 Å². The van der Waals surface area contributed by atoms with E-state index >= 15 is 0 Å². The Morgan fingerprint density at radius 2 is 1.90 bits per heavy atom. The van der Waals surface area contributed by atoms with E-state index in [2.05, 4.69) is 56.0 Å². The number of rotatable bonds is 6. The summed E-state index contributed by atoms with van der Waals surface area (Å²) in [6.45, 7) is 11.5. The van der Waals surface area contributed by atoms with Gasteiger partial charge in [0.25, 0.3) is 0 Å². The van der Waals surface area contributed by atoms with Crippen molar-refractivity contribution in [3.8, 4) is 5.82 Å². The summed E-state index contributed by atoms with van der Waals surface area (Å²) in [6.07, 6.45) is 3.49. The molecule has 0 aliphatic heterocycles. The Morgan fingerprint density at radius 3 is 2.48 bits per heavy atom. The van der Waals surface area contributed by atoms with Crippen LogP contribution in [0.1, 0.15) is 57.5 Å². The molecule has 114 valence electrons. The lowest BCUT2D eigenvalue weighted by Gasteiger charge is -2.17. The van der Waals surface area contributed by atoms with Crippen molar-refractivity contribution < 1.29 is 0 Å². The van der Waals surface area contributed by atoms with E-state index in [1.54, 1.807) is 6.33 Å². The molecule has 0 amide bonds. The highest BCUT2D eigenvalue weighted by molar-refractivity contribution is 5.53. The number of aromatic nitrogens is 4. The third-order valence-electron chi connectivity index (χ3n) is 3.54. The molecule has 2 rings (SSSR count). The lowest BCUT2D eigenvalue weighted by atomic mass is 10.0. The molecule has 5 heteroatoms. The molecule has 0 aromatic carbocycles. The van der Waals surface area contributed by atoms with Gasteiger partial charge in [-0.25, -0.2) is 14.6 Å². The molecule has 5 nitrogen and oxygen atoms in total. The summed E-state index contributed by atoms with van der Waals surface area (Å²) < 4.78 is 1.98. The van der Waals surface area contributed by atoms with Gasteiger partial charge in [0.05, 0.1) is 5.69 Å². The van der Waals surface area contributed by atoms with Crippen molar-refractivity contribution >= 4 is 5.82 Å². The summed E-state index contributed by atoms with van der Waals surface area (Å²) in [6, 6.07) is 2.17. The zero-order chi connectivity index (χ0) is 15.4. The molecule has 1 N–H and O–H groups in total. The molecule has 0 radical (unpaired) electrons. The summed E-state index contributed by atoms with van der Waals surface area (Å²) in [7, 11) is 0. The molecule has 0 unspecified atom stereocenters. The van der Waals surface area contributed by atoms with E-state index in [0.29, 0.717) is 5.92 Å². The number of aryl methyl sites for hydroxylation is 2. The summed E-state index contributed by atoms with van der Waals surface area (Å²) in [5, 5.41) is 8.05. The van der Waals surface area contributed by atoms with Crippen molar-refractivity contribution in [1.82, 2.24) is 19.7 Å². The summed E-state index contributed by atoms with van der Waals surface area (Å²) in [5.41, 5.74) is 3.42. The minimum absolute atomic E-state index is 0.328. The Labute approximate surface area is 126 Å². The minimum atomic E-state index is 0.328. The van der Waals surface area contributed by atoms with Gasteiger partial charge in [-0.15, -0.1) is 0 Å². The number of nitrogens with zero attached hydrogens (tertiary/aromatic N) is 4. The molecule has 0 aliphatic carbocycles. The van der Waals surface area contributed by atoms with Gasteiger partial charge in [-0.05, 0) is 31.7 Å². The third-order valence-corrected chi connectivity index (χ3v) is 3.54. The summed E-state index contributed by atoms with van der Waals surface area (Å²) in [4.78, 5) is 8.91. The number of hydrogen-bond donors (Lipinski definition) is 1. The highest BCUT2D eigenvalue weighted by atomic mass is 15.3. The van der Waals surface area contributed by atoms with Gasteiger partial charge in [0, 0.05) is 17.8 Å². The van der Waals surface area contributed by atoms with Gasteiger partial charge in [-0.1, -0.05) is 27.7 Å². The quantitative estimate of drug-likeness (QED) is 0.885. The Morgan fingerprint density at radius 1 is 1.14 bits per heavy atom. The molecule has 0 spiro atoms. The average molecular weight is 287 g/mol. The lowest BCUT2D eigenvalue weighted by Crippen LogP contribution is -2.13. The zero-order valence-corrected chi connectivity index (χ0v) is 13.6. The largest absolute Gasteiger partial charge is 0.370 e. The number of nitrogens with one attached hydrogen (secondary N) is 1. The van der Waals surface area contributed by atoms with Crippen LogP contribution in [0.3, 0.4) is 0 Å². The van der Waals surface area contributed by atoms with Gasteiger partial charge in [-0.3, -0.25) is 0 Å². The molecule has 0 bridgehead atoms. The van der Waals surface area contributed by atoms with Crippen LogP contribution in [0.4, 0.5) is 5.82 Å². The van der Waals surface area contributed by atoms with Crippen LogP contribution in [0.2, 0.25) is 0 Å². The molecule has 0 atom stereocenters. The normalized spacial score (nSPS) is 11.1. The molecule has 21 heavy (non-hydrogen) atoms. The van der Waals surface area contributed by atoms with Gasteiger partial charge in [0.2, 0.25) is 0 Å². The van der Waals surface area contributed by atoms with Gasteiger partial charge in [0.1, 0.15) is 12.1 Å². The zero-order valence-electron chi connectivity index (χ0n) is 13.6. The smallest absolute Gasteiger partial charge is 0.162 e. The van der Waals surface area contributed by atoms with Gasteiger partial charge < -0.3 is 5.32 Å². The summed E-state index contributed by atoms with van der Waals surface area (Å²) >= 11 is 0. The van der Waals surface area contributed by atoms with E-state index in [1.165, 1.54) is 5.69 Å². The minimum Gasteiger partial charge on any atom is -0.370 e. The van der Waals surface area contributed by atoms with Gasteiger partial charge in [0.15, 0.2) is 5.82 Å². The van der Waals surface area contributed by atoms with Crippen molar-refractivity contribution in [2.24, 2.45) is 0 Å². The highest BCUT2D eigenvalue weighted by Crippen LogP contribution is 2.28. The van der Waals surface area contributed by atoms with Crippen LogP contribution in [-0.2, 0) is 12.8 Å². The number of hydrogen-bond acceptors (Lipinski definition) is 4. The van der Waals surface area contributed by atoms with E-state index < -0.39 is 0 Å². The van der Waals surface area contributed by atoms with Gasteiger partial charge >= 0.3 is 0 Å². The van der Waals surface area contributed by atoms with Crippen molar-refractivity contribution in [3.05, 3.63) is 29.3 Å². The summed E-state index contributed by atoms with van der Waals surface area (Å²) in [5.74, 6) is 2.13. The predicted octanol–water partition coefficient (Wildman–Crippen LogP) is 3.34. The molecule has 2 heterocycles. The Bertz CT molecular complexity index is 601. The second-order valence-corrected chi connectivity index (χ2v) is 5.39. The van der Waals surface area contributed by atoms with Crippen LogP contribution in [0.15, 0.2) is 12.4 Å². The fourth-order valence-corrected chi connectivity index (χ4v) is 2.48. The maximum atomic E-state index is 4.71. The molecule has 0 fully saturated rings. The van der Waals surface area contributed by atoms with Crippen molar-refractivity contribution in [2.45, 2.75) is 53.4 Å². The highest BCUT2D eigenvalue weighted by Gasteiger charge is 2.18. The first kappa shape index (κ1) is 15.5. The van der Waals surface area contributed by atoms with Crippen LogP contribution in [0, 0.1) is 0 Å². The Balaban J connectivity index is 2.62. The monoisotopic (exact) mass is 287 g/mol. The maximum Gasteiger partial charge on any atom is 0.162 e. The predicted molar refractivity (Wildman–Crippen MR) is 86.2 cm³/mol. The van der Waals surface area contributed by atoms with Crippen LogP contribution in [-0.4, -0.2) is 26.3 Å². The fraction of sp³-hybridized carbons (Fsp3) is 0.562. The molecule has 0 saturated heterocycles. The van der Waals surface area contributed by atoms with Gasteiger partial charge in [-0.2, -0.15) is 5.10 Å². The number of anilines is 1. The van der Waals surface area contributed by atoms with E-state index in [-0.39, 0.29) is 0 Å². The van der Waals surface area contributed by atoms with E-state index in [1.807, 2.05) is 4.68 Å². The molecule has 2 aromatic heterocycles. The first-order valence-corrected chi connectivity index (χ1v) is 7.79. The van der Waals surface area contributed by atoms with Crippen LogP contribution >= 0.6 is 0 Å². The van der Waals surface area contributed by atoms with E-state index in [4.69, 9.17) is 5.10 Å². The first-order chi connectivity index (χ1) is 10.1. The second kappa shape index (κ2) is 6.70. The Hall–Kier alpha value is -1.91. The third kappa shape index (κ3) is 3.06. The van der Waals surface area contributed by atoms with E-state index in [9.17, 15) is 0 Å². The first-order valence-electron chi connectivity index (χ1n) is 7.79. The maximum absolute atomic E-state index is 4.71. The van der Waals surface area contributed by atoms with Crippen molar-refractivity contribution in [2.75, 3.05) is 11.9 Å².